The van der Waals surface area contributed by atoms with Crippen molar-refractivity contribution in [2.45, 2.75) is 179 Å². The number of rotatable bonds is 2. The van der Waals surface area contributed by atoms with Gasteiger partial charge in [0.2, 0.25) is 0 Å². The van der Waals surface area contributed by atoms with Crippen LogP contribution in [0.1, 0.15) is 194 Å². The van der Waals surface area contributed by atoms with Crippen LogP contribution in [0.25, 0.3) is 126 Å². The summed E-state index contributed by atoms with van der Waals surface area (Å²) >= 11 is 0. The Balaban J connectivity index is 0.000000299. The van der Waals surface area contributed by atoms with Crippen LogP contribution in [0.3, 0.4) is 0 Å². The lowest BCUT2D eigenvalue weighted by Crippen LogP contribution is -2.25. The highest BCUT2D eigenvalue weighted by atomic mass is 15.0. The zero-order valence-corrected chi connectivity index (χ0v) is 79.7. The molecule has 0 unspecified atom stereocenters. The first-order valence-electron chi connectivity index (χ1n) is 46.1. The molecule has 1 spiro atoms. The molecule has 19 aromatic rings. The molecule has 0 bridgehead atoms. The Hall–Kier alpha value is -12.6. The van der Waals surface area contributed by atoms with Gasteiger partial charge in [0.1, 0.15) is 0 Å². The second kappa shape index (κ2) is 56.8. The lowest BCUT2D eigenvalue weighted by atomic mass is 9.70. The first kappa shape index (κ1) is 103. The summed E-state index contributed by atoms with van der Waals surface area (Å²) < 4.78 is 6.84. The van der Waals surface area contributed by atoms with Crippen LogP contribution in [-0.2, 0) is 19.5 Å². The fourth-order valence-corrected chi connectivity index (χ4v) is 15.5. The minimum Gasteiger partial charge on any atom is -0.344 e. The zero-order chi connectivity index (χ0) is 90.7. The fraction of sp³-hybridized carbons (Fsp3) is 0.235. The summed E-state index contributed by atoms with van der Waals surface area (Å²) in [7, 11) is 4.25. The van der Waals surface area contributed by atoms with Gasteiger partial charge in [0.05, 0.1) is 27.7 Å². The molecule has 2 aliphatic carbocycles. The number of fused-ring (bicyclic) bond motifs is 21. The van der Waals surface area contributed by atoms with Crippen molar-refractivity contribution < 1.29 is 0 Å². The SMILES string of the molecule is CC.CC.CC.CC.CC.CC.CC.CC.CC.CC.CC.CC.Cc1c(-c2ccccc2)n(C)c2ccccc12.Cn1c2ccccc2c2ccccc21.c1ccc(-n2c3ccccc3c3ccccc32)cc1.c1ccc2c(c1)-c1ccccc1C21c2ccccc2-c2ccccc21.c1ccc2c(c1)ccc1ccccc12.c1ccc2ncccc2c1. The molecule has 4 aromatic heterocycles. The number of nitrogens with zero attached hydrogens (tertiary/aromatic N) is 4. The predicted octanol–water partition coefficient (Wildman–Crippen LogP) is 36.8. The first-order chi connectivity index (χ1) is 61.0. The van der Waals surface area contributed by atoms with E-state index >= 15 is 0 Å². The van der Waals surface area contributed by atoms with E-state index in [1.807, 2.05) is 197 Å². The van der Waals surface area contributed by atoms with Gasteiger partial charge in [-0.1, -0.05) is 488 Å². The average Bonchev–Trinajstić information content (AvgIpc) is 1.51. The number of para-hydroxylation sites is 7. The topological polar surface area (TPSA) is 27.7 Å². The maximum absolute atomic E-state index is 4.18. The largest absolute Gasteiger partial charge is 0.344 e. The Morgan fingerprint density at radius 3 is 0.829 bits per heavy atom. The molecule has 0 atom stereocenters. The number of aryl methyl sites for hydroxylation is 3. The van der Waals surface area contributed by atoms with Crippen LogP contribution < -0.4 is 0 Å². The predicted molar refractivity (Wildman–Crippen MR) is 556 cm³/mol. The van der Waals surface area contributed by atoms with E-state index in [-0.39, 0.29) is 5.41 Å². The summed E-state index contributed by atoms with van der Waals surface area (Å²) in [4.78, 5) is 4.18. The van der Waals surface area contributed by atoms with Crippen LogP contribution in [0.5, 0.6) is 0 Å². The van der Waals surface area contributed by atoms with Crippen LogP contribution in [0.2, 0.25) is 0 Å². The van der Waals surface area contributed by atoms with Gasteiger partial charge in [0.15, 0.2) is 0 Å². The van der Waals surface area contributed by atoms with Gasteiger partial charge in [-0.05, 0) is 139 Å². The van der Waals surface area contributed by atoms with E-state index in [0.29, 0.717) is 0 Å². The monoisotopic (exact) mass is 1630 g/mol. The highest BCUT2D eigenvalue weighted by Crippen LogP contribution is 2.62. The van der Waals surface area contributed by atoms with Crippen molar-refractivity contribution >= 4 is 87.0 Å². The molecule has 0 amide bonds. The summed E-state index contributed by atoms with van der Waals surface area (Å²) in [6.07, 6.45) is 1.81. The molecule has 123 heavy (non-hydrogen) atoms. The molecule has 15 aromatic carbocycles. The quantitative estimate of drug-likeness (QED) is 0.159. The van der Waals surface area contributed by atoms with E-state index in [4.69, 9.17) is 0 Å². The number of hydrogen-bond acceptors (Lipinski definition) is 1. The molecule has 0 aliphatic heterocycles. The van der Waals surface area contributed by atoms with E-state index < -0.39 is 0 Å². The van der Waals surface area contributed by atoms with E-state index in [1.165, 1.54) is 148 Å². The minimum absolute atomic E-state index is 0.180. The van der Waals surface area contributed by atoms with E-state index in [1.54, 1.807) is 0 Å². The van der Waals surface area contributed by atoms with Crippen LogP contribution in [0.15, 0.2) is 382 Å². The van der Waals surface area contributed by atoms with Crippen LogP contribution in [-0.4, -0.2) is 18.7 Å². The minimum atomic E-state index is -0.180. The van der Waals surface area contributed by atoms with E-state index in [9.17, 15) is 0 Å². The third-order valence-electron chi connectivity index (χ3n) is 19.9. The van der Waals surface area contributed by atoms with Gasteiger partial charge in [-0.15, -0.1) is 0 Å². The van der Waals surface area contributed by atoms with Crippen molar-refractivity contribution in [2.75, 3.05) is 0 Å². The second-order valence-corrected chi connectivity index (χ2v) is 25.4. The summed E-state index contributed by atoms with van der Waals surface area (Å²) in [6.45, 7) is 50.2. The van der Waals surface area contributed by atoms with Crippen LogP contribution in [0, 0.1) is 6.92 Å². The second-order valence-electron chi connectivity index (χ2n) is 25.4. The molecule has 0 saturated heterocycles. The highest BCUT2D eigenvalue weighted by Gasteiger charge is 2.51. The van der Waals surface area contributed by atoms with Crippen molar-refractivity contribution in [3.05, 3.63) is 410 Å². The van der Waals surface area contributed by atoms with Gasteiger partial charge in [-0.2, -0.15) is 0 Å². The normalized spacial score (nSPS) is 10.1. The number of aromatic nitrogens is 4. The van der Waals surface area contributed by atoms with Crippen molar-refractivity contribution in [2.24, 2.45) is 14.1 Å². The van der Waals surface area contributed by atoms with Gasteiger partial charge in [0.25, 0.3) is 0 Å². The molecule has 0 fully saturated rings. The maximum atomic E-state index is 4.18. The molecule has 4 heteroatoms. The molecule has 4 nitrogen and oxygen atoms in total. The summed E-state index contributed by atoms with van der Waals surface area (Å²) in [6, 6.07) is 133. The Bertz CT molecular complexity index is 5660. The number of benzene rings is 15. The zero-order valence-electron chi connectivity index (χ0n) is 79.7. The van der Waals surface area contributed by atoms with Gasteiger partial charge >= 0.3 is 0 Å². The molecule has 2 aliphatic rings. The molecule has 640 valence electrons. The number of pyridine rings is 1. The van der Waals surface area contributed by atoms with Gasteiger partial charge < -0.3 is 13.7 Å². The summed E-state index contributed by atoms with van der Waals surface area (Å²) in [5, 5.41) is 13.1. The molecule has 0 saturated carbocycles. The van der Waals surface area contributed by atoms with Crippen molar-refractivity contribution in [3.63, 3.8) is 0 Å². The van der Waals surface area contributed by atoms with E-state index in [0.717, 1.165) is 5.52 Å². The lowest BCUT2D eigenvalue weighted by Gasteiger charge is -2.30. The average molecular weight is 1630 g/mol. The standard InChI is InChI=1S/C25H16.C18H13N.C16H15N.C14H10.C13H11N.C9H7N.12C2H6/c1-5-13-21-17(9-1)18-10-2-6-14-22(18)25(21)23-15-7-3-11-19(23)20-12-4-8-16-24(20)25;1-2-8-14(9-3-1)19-17-12-6-4-10-15(17)16-11-5-7-13-18(16)19;1-12-14-10-6-7-11-15(14)17(2)16(12)13-8-4-3-5-9-13;1-3-7-13-11(5-1)9-10-12-6-2-4-8-14(12)13;1-14-12-8-4-2-6-10(12)11-7-3-5-9-13(11)14;1-2-6-9-8(4-1)5-3-7-10-9;12*1-2/h1-16H;1-13H;3-11H,1-2H3;1-10H;2-9H,1H3;1-7H;12*1-2H3. The van der Waals surface area contributed by atoms with Crippen LogP contribution in [0.4, 0.5) is 0 Å². The first-order valence-corrected chi connectivity index (χ1v) is 46.1. The summed E-state index contributed by atoms with van der Waals surface area (Å²) in [5.41, 5.74) is 23.6. The smallest absolute Gasteiger partial charge is 0.0725 e. The highest BCUT2D eigenvalue weighted by molar-refractivity contribution is 6.10. The molecule has 4 heterocycles. The van der Waals surface area contributed by atoms with Gasteiger partial charge in [0, 0.05) is 74.8 Å². The van der Waals surface area contributed by atoms with Gasteiger partial charge in [-0.3, -0.25) is 4.98 Å². The Morgan fingerprint density at radius 2 is 0.472 bits per heavy atom. The third-order valence-corrected chi connectivity index (χ3v) is 19.9. The molecule has 0 N–H and O–H groups in total. The van der Waals surface area contributed by atoms with Crippen molar-refractivity contribution in [1.82, 2.24) is 18.7 Å². The Kier molecular flexibility index (Phi) is 47.4. The maximum Gasteiger partial charge on any atom is 0.0725 e. The van der Waals surface area contributed by atoms with Crippen molar-refractivity contribution in [1.29, 1.82) is 0 Å². The molecule has 0 radical (unpaired) electrons. The molecular weight excluding hydrogens is 1490 g/mol. The summed E-state index contributed by atoms with van der Waals surface area (Å²) in [5.74, 6) is 0. The van der Waals surface area contributed by atoms with Crippen molar-refractivity contribution in [3.8, 4) is 39.2 Å². The Morgan fingerprint density at radius 1 is 0.211 bits per heavy atom. The molecule has 21 rings (SSSR count). The lowest BCUT2D eigenvalue weighted by molar-refractivity contribution is 0.794. The molecular formula is C119H144N4. The van der Waals surface area contributed by atoms with Crippen LogP contribution >= 0.6 is 0 Å². The third kappa shape index (κ3) is 23.6. The number of hydrogen-bond donors (Lipinski definition) is 0. The van der Waals surface area contributed by atoms with E-state index in [2.05, 4.69) is 392 Å². The Labute approximate surface area is 742 Å². The van der Waals surface area contributed by atoms with Gasteiger partial charge in [-0.25, -0.2) is 0 Å². The fourth-order valence-electron chi connectivity index (χ4n) is 15.5.